The van der Waals surface area contributed by atoms with E-state index in [1.165, 1.54) is 7.11 Å². The molecule has 0 amide bonds. The molecule has 8 nitrogen and oxygen atoms in total. The normalized spacial score (nSPS) is 22.5. The second kappa shape index (κ2) is 6.61. The predicted octanol–water partition coefficient (Wildman–Crippen LogP) is 1.00. The Hall–Kier alpha value is -1.78. The van der Waals surface area contributed by atoms with Gasteiger partial charge in [-0.3, -0.25) is 0 Å². The lowest BCUT2D eigenvalue weighted by molar-refractivity contribution is 0.207. The van der Waals surface area contributed by atoms with Crippen molar-refractivity contribution in [2.75, 3.05) is 25.7 Å². The molecule has 1 aromatic heterocycles. The van der Waals surface area contributed by atoms with Gasteiger partial charge in [0, 0.05) is 5.56 Å². The molecule has 2 heterocycles. The number of sulfone groups is 1. The lowest BCUT2D eigenvalue weighted by Crippen LogP contribution is -2.19. The first-order valence-corrected chi connectivity index (χ1v) is 9.73. The lowest BCUT2D eigenvalue weighted by Gasteiger charge is -2.08. The van der Waals surface area contributed by atoms with Gasteiger partial charge < -0.3 is 19.0 Å². The molecule has 0 unspecified atom stereocenters. The van der Waals surface area contributed by atoms with E-state index in [1.807, 2.05) is 0 Å². The van der Waals surface area contributed by atoms with Crippen molar-refractivity contribution in [3.8, 4) is 23.0 Å². The summed E-state index contributed by atoms with van der Waals surface area (Å²) in [5.74, 6) is 1.04. The number of hydrogen-bond acceptors (Lipinski definition) is 9. The lowest BCUT2D eigenvalue weighted by atomic mass is 10.2. The minimum atomic E-state index is -3.22. The van der Waals surface area contributed by atoms with Crippen LogP contribution in [0.3, 0.4) is 0 Å². The molecule has 1 aliphatic heterocycles. The van der Waals surface area contributed by atoms with Crippen LogP contribution in [0, 0.1) is 0 Å². The molecule has 1 fully saturated rings. The van der Waals surface area contributed by atoms with Crippen LogP contribution in [0.5, 0.6) is 11.5 Å². The second-order valence-electron chi connectivity index (χ2n) is 5.24. The Labute approximate surface area is 143 Å². The number of thioether (sulfide) groups is 1. The number of aliphatic hydroxyl groups is 1. The highest BCUT2D eigenvalue weighted by molar-refractivity contribution is 8.01. The molecule has 0 aliphatic carbocycles. The fourth-order valence-corrected chi connectivity index (χ4v) is 5.74. The molecule has 0 radical (unpaired) electrons. The molecule has 130 valence electrons. The van der Waals surface area contributed by atoms with E-state index < -0.39 is 21.2 Å². The first kappa shape index (κ1) is 17.1. The third-order valence-corrected chi connectivity index (χ3v) is 6.64. The summed E-state index contributed by atoms with van der Waals surface area (Å²) in [6, 6.07) is 5.17. The fraction of sp³-hybridized carbons (Fsp3) is 0.429. The second-order valence-corrected chi connectivity index (χ2v) is 8.59. The molecule has 10 heteroatoms. The van der Waals surface area contributed by atoms with E-state index in [-0.39, 0.29) is 22.6 Å². The number of benzene rings is 1. The maximum Gasteiger partial charge on any atom is 0.277 e. The molecule has 1 N–H and O–H groups in total. The highest BCUT2D eigenvalue weighted by Gasteiger charge is 2.38. The van der Waals surface area contributed by atoms with Crippen molar-refractivity contribution < 1.29 is 27.4 Å². The third kappa shape index (κ3) is 3.50. The summed E-state index contributed by atoms with van der Waals surface area (Å²) >= 11 is 1.07. The number of methoxy groups -OCH3 is 2. The zero-order valence-electron chi connectivity index (χ0n) is 13.0. The Morgan fingerprint density at radius 1 is 1.21 bits per heavy atom. The number of rotatable bonds is 5. The molecule has 1 saturated heterocycles. The van der Waals surface area contributed by atoms with Crippen LogP contribution in [-0.4, -0.2) is 60.8 Å². The Balaban J connectivity index is 1.79. The van der Waals surface area contributed by atoms with Crippen molar-refractivity contribution in [1.29, 1.82) is 0 Å². The molecular formula is C14H16N2O6S2. The van der Waals surface area contributed by atoms with Gasteiger partial charge >= 0.3 is 0 Å². The summed E-state index contributed by atoms with van der Waals surface area (Å²) in [4.78, 5) is 0. The van der Waals surface area contributed by atoms with Gasteiger partial charge in [-0.2, -0.15) is 0 Å². The van der Waals surface area contributed by atoms with E-state index >= 15 is 0 Å². The SMILES string of the molecule is COc1ccc(-c2nnc(S[C@@H]3CS(=O)(=O)C[C@H]3O)o2)cc1OC. The molecule has 3 rings (SSSR count). The minimum Gasteiger partial charge on any atom is -0.493 e. The highest BCUT2D eigenvalue weighted by atomic mass is 32.2. The van der Waals surface area contributed by atoms with Gasteiger partial charge in [-0.25, -0.2) is 8.42 Å². The zero-order valence-corrected chi connectivity index (χ0v) is 14.6. The molecule has 2 atom stereocenters. The Kier molecular flexibility index (Phi) is 4.70. The van der Waals surface area contributed by atoms with Crippen LogP contribution in [0.1, 0.15) is 0 Å². The van der Waals surface area contributed by atoms with Gasteiger partial charge in [0.1, 0.15) is 0 Å². The largest absolute Gasteiger partial charge is 0.493 e. The monoisotopic (exact) mass is 372 g/mol. The topological polar surface area (TPSA) is 112 Å². The van der Waals surface area contributed by atoms with Crippen LogP contribution in [0.15, 0.2) is 27.8 Å². The maximum atomic E-state index is 11.5. The number of hydrogen-bond donors (Lipinski definition) is 1. The average Bonchev–Trinajstić information content (AvgIpc) is 3.11. The first-order chi connectivity index (χ1) is 11.4. The van der Waals surface area contributed by atoms with Crippen LogP contribution in [-0.2, 0) is 9.84 Å². The van der Waals surface area contributed by atoms with Gasteiger partial charge in [-0.15, -0.1) is 10.2 Å². The summed E-state index contributed by atoms with van der Waals surface area (Å²) < 4.78 is 39.0. The van der Waals surface area contributed by atoms with Gasteiger partial charge in [0.15, 0.2) is 21.3 Å². The van der Waals surface area contributed by atoms with Crippen LogP contribution >= 0.6 is 11.8 Å². The van der Waals surface area contributed by atoms with Gasteiger partial charge in [0.2, 0.25) is 5.89 Å². The number of aromatic nitrogens is 2. The smallest absolute Gasteiger partial charge is 0.277 e. The molecule has 24 heavy (non-hydrogen) atoms. The molecule has 1 aromatic carbocycles. The van der Waals surface area contributed by atoms with Crippen molar-refractivity contribution in [2.45, 2.75) is 16.6 Å². The molecule has 2 aromatic rings. The highest BCUT2D eigenvalue weighted by Crippen LogP contribution is 2.34. The fourth-order valence-electron chi connectivity index (χ4n) is 2.38. The number of ether oxygens (including phenoxy) is 2. The predicted molar refractivity (Wildman–Crippen MR) is 87.1 cm³/mol. The summed E-state index contributed by atoms with van der Waals surface area (Å²) in [7, 11) is -0.150. The molecule has 0 spiro atoms. The maximum absolute atomic E-state index is 11.5. The van der Waals surface area contributed by atoms with Gasteiger partial charge in [-0.1, -0.05) is 11.8 Å². The van der Waals surface area contributed by atoms with Crippen molar-refractivity contribution >= 4 is 21.6 Å². The van der Waals surface area contributed by atoms with E-state index in [0.29, 0.717) is 17.1 Å². The van der Waals surface area contributed by atoms with Crippen molar-refractivity contribution in [3.05, 3.63) is 18.2 Å². The Bertz CT molecular complexity index is 836. The quantitative estimate of drug-likeness (QED) is 0.821. The van der Waals surface area contributed by atoms with E-state index in [4.69, 9.17) is 13.9 Å². The van der Waals surface area contributed by atoms with Gasteiger partial charge in [0.25, 0.3) is 5.22 Å². The molecule has 0 bridgehead atoms. The number of nitrogens with zero attached hydrogens (tertiary/aromatic N) is 2. The van der Waals surface area contributed by atoms with E-state index in [2.05, 4.69) is 10.2 Å². The molecule has 1 aliphatic rings. The summed E-state index contributed by atoms with van der Waals surface area (Å²) in [5.41, 5.74) is 0.645. The van der Waals surface area contributed by atoms with Crippen molar-refractivity contribution in [2.24, 2.45) is 0 Å². The standard InChI is InChI=1S/C14H16N2O6S2/c1-20-10-4-3-8(5-11(10)21-2)13-15-16-14(22-13)23-12-7-24(18,19)6-9(12)17/h3-5,9,12,17H,6-7H2,1-2H3/t9-,12-/m1/s1. The zero-order chi connectivity index (χ0) is 17.3. The first-order valence-electron chi connectivity index (χ1n) is 7.03. The van der Waals surface area contributed by atoms with E-state index in [1.54, 1.807) is 25.3 Å². The van der Waals surface area contributed by atoms with E-state index in [0.717, 1.165) is 11.8 Å². The van der Waals surface area contributed by atoms with Gasteiger partial charge in [0.05, 0.1) is 37.1 Å². The van der Waals surface area contributed by atoms with Crippen LogP contribution in [0.4, 0.5) is 0 Å². The Morgan fingerprint density at radius 2 is 1.96 bits per heavy atom. The number of aliphatic hydroxyl groups excluding tert-OH is 1. The summed E-state index contributed by atoms with van der Waals surface area (Å²) in [6.45, 7) is 0. The minimum absolute atomic E-state index is 0.104. The van der Waals surface area contributed by atoms with Crippen molar-refractivity contribution in [3.63, 3.8) is 0 Å². The summed E-state index contributed by atoms with van der Waals surface area (Å²) in [6.07, 6.45) is -0.934. The summed E-state index contributed by atoms with van der Waals surface area (Å²) in [5, 5.41) is 17.4. The average molecular weight is 372 g/mol. The molecule has 0 saturated carbocycles. The third-order valence-electron chi connectivity index (χ3n) is 3.56. The van der Waals surface area contributed by atoms with Crippen molar-refractivity contribution in [1.82, 2.24) is 10.2 Å². The molecular weight excluding hydrogens is 356 g/mol. The van der Waals surface area contributed by atoms with Crippen LogP contribution in [0.2, 0.25) is 0 Å². The van der Waals surface area contributed by atoms with Crippen LogP contribution < -0.4 is 9.47 Å². The van der Waals surface area contributed by atoms with Gasteiger partial charge in [-0.05, 0) is 18.2 Å². The Morgan fingerprint density at radius 3 is 2.58 bits per heavy atom. The van der Waals surface area contributed by atoms with E-state index in [9.17, 15) is 13.5 Å². The van der Waals surface area contributed by atoms with Crippen LogP contribution in [0.25, 0.3) is 11.5 Å².